The maximum absolute atomic E-state index is 11.9. The number of aliphatic hydroxyl groups excluding tert-OH is 3. The lowest BCUT2D eigenvalue weighted by molar-refractivity contribution is -0.315. The van der Waals surface area contributed by atoms with Gasteiger partial charge >= 0.3 is 0 Å². The molecule has 2 aromatic carbocycles. The summed E-state index contributed by atoms with van der Waals surface area (Å²) < 4.78 is 11.4. The number of benzene rings is 2. The molecule has 1 amide bonds. The molecule has 0 radical (unpaired) electrons. The first-order chi connectivity index (χ1) is 14.7. The van der Waals surface area contributed by atoms with Crippen molar-refractivity contribution in [3.05, 3.63) is 53.6 Å². The molecule has 5 N–H and O–H groups in total. The van der Waals surface area contributed by atoms with Crippen molar-refractivity contribution in [2.75, 3.05) is 13.7 Å². The highest BCUT2D eigenvalue weighted by molar-refractivity contribution is 5.95. The van der Waals surface area contributed by atoms with Gasteiger partial charge in [0.2, 0.25) is 6.29 Å². The van der Waals surface area contributed by atoms with Gasteiger partial charge in [-0.15, -0.1) is 0 Å². The summed E-state index contributed by atoms with van der Waals surface area (Å²) >= 11 is 0. The molecule has 8 heteroatoms. The maximum Gasteiger partial charge on any atom is 0.251 e. The number of nitrogens with one attached hydrogen (secondary N) is 1. The monoisotopic (exact) mass is 431 g/mol. The predicted octanol–water partition coefficient (Wildman–Crippen LogP) is 0.844. The lowest BCUT2D eigenvalue weighted by Gasteiger charge is -2.45. The summed E-state index contributed by atoms with van der Waals surface area (Å²) in [6, 6.07) is 12.7. The van der Waals surface area contributed by atoms with Gasteiger partial charge in [0.05, 0.1) is 6.61 Å². The summed E-state index contributed by atoms with van der Waals surface area (Å²) in [6.07, 6.45) is -4.77. The third-order valence-corrected chi connectivity index (χ3v) is 5.62. The van der Waals surface area contributed by atoms with Crippen molar-refractivity contribution in [2.45, 2.75) is 50.5 Å². The SMILES string of the molecule is CCc1cc(-c2cccc(C(=O)NC)c2)ccc1O[C@H]1O[C@H](CO)[C@@H](O)[C@H](O)[C@]1(C)O. The molecule has 1 aliphatic heterocycles. The summed E-state index contributed by atoms with van der Waals surface area (Å²) in [5.74, 6) is 0.271. The van der Waals surface area contributed by atoms with Crippen LogP contribution in [0.25, 0.3) is 11.1 Å². The van der Waals surface area contributed by atoms with Crippen molar-refractivity contribution in [3.63, 3.8) is 0 Å². The minimum absolute atomic E-state index is 0.173. The molecule has 0 unspecified atom stereocenters. The molecule has 5 atom stereocenters. The minimum Gasteiger partial charge on any atom is -0.461 e. The first kappa shape index (κ1) is 23.2. The number of aliphatic hydroxyl groups is 4. The van der Waals surface area contributed by atoms with Crippen LogP contribution in [0.2, 0.25) is 0 Å². The molecule has 1 heterocycles. The molecule has 8 nitrogen and oxygen atoms in total. The number of hydrogen-bond acceptors (Lipinski definition) is 7. The number of hydrogen-bond donors (Lipinski definition) is 5. The van der Waals surface area contributed by atoms with Crippen LogP contribution in [0.4, 0.5) is 0 Å². The number of amides is 1. The van der Waals surface area contributed by atoms with Gasteiger partial charge in [0, 0.05) is 12.6 Å². The Bertz CT molecular complexity index is 930. The van der Waals surface area contributed by atoms with Gasteiger partial charge in [-0.25, -0.2) is 0 Å². The number of carbonyl (C=O) groups is 1. The van der Waals surface area contributed by atoms with E-state index in [1.54, 1.807) is 25.2 Å². The Morgan fingerprint density at radius 3 is 2.55 bits per heavy atom. The Balaban J connectivity index is 1.89. The normalized spacial score (nSPS) is 28.2. The zero-order valence-corrected chi connectivity index (χ0v) is 17.8. The molecule has 1 aliphatic rings. The van der Waals surface area contributed by atoms with Crippen molar-refractivity contribution < 1.29 is 34.7 Å². The highest BCUT2D eigenvalue weighted by Crippen LogP contribution is 2.34. The smallest absolute Gasteiger partial charge is 0.251 e. The topological polar surface area (TPSA) is 128 Å². The fraction of sp³-hybridized carbons (Fsp3) is 0.435. The molecule has 168 valence electrons. The average molecular weight is 431 g/mol. The fourth-order valence-electron chi connectivity index (χ4n) is 3.61. The zero-order valence-electron chi connectivity index (χ0n) is 17.8. The Labute approximate surface area is 181 Å². The van der Waals surface area contributed by atoms with Crippen molar-refractivity contribution in [2.24, 2.45) is 0 Å². The van der Waals surface area contributed by atoms with Gasteiger partial charge in [-0.2, -0.15) is 0 Å². The summed E-state index contributed by atoms with van der Waals surface area (Å²) in [7, 11) is 1.58. The van der Waals surface area contributed by atoms with Crippen LogP contribution in [-0.2, 0) is 11.2 Å². The highest BCUT2D eigenvalue weighted by Gasteiger charge is 2.53. The minimum atomic E-state index is -1.89. The first-order valence-electron chi connectivity index (χ1n) is 10.2. The average Bonchev–Trinajstić information content (AvgIpc) is 2.79. The number of rotatable bonds is 6. The second-order valence-electron chi connectivity index (χ2n) is 7.80. The third-order valence-electron chi connectivity index (χ3n) is 5.62. The molecule has 3 rings (SSSR count). The molecule has 0 aliphatic carbocycles. The molecule has 0 aromatic heterocycles. The zero-order chi connectivity index (χ0) is 22.8. The molecular weight excluding hydrogens is 402 g/mol. The van der Waals surface area contributed by atoms with Crippen molar-refractivity contribution in [3.8, 4) is 16.9 Å². The van der Waals surface area contributed by atoms with Gasteiger partial charge in [-0.1, -0.05) is 25.1 Å². The van der Waals surface area contributed by atoms with E-state index in [4.69, 9.17) is 9.47 Å². The molecule has 0 bridgehead atoms. The molecule has 2 aromatic rings. The van der Waals surface area contributed by atoms with Crippen molar-refractivity contribution >= 4 is 5.91 Å². The van der Waals surface area contributed by atoms with Gasteiger partial charge in [-0.3, -0.25) is 4.79 Å². The van der Waals surface area contributed by atoms with Crippen molar-refractivity contribution in [1.82, 2.24) is 5.32 Å². The fourth-order valence-corrected chi connectivity index (χ4v) is 3.61. The van der Waals surface area contributed by atoms with Gasteiger partial charge < -0.3 is 35.2 Å². The van der Waals surface area contributed by atoms with Crippen LogP contribution in [0.15, 0.2) is 42.5 Å². The molecular formula is C23H29NO7. The van der Waals surface area contributed by atoms with Gasteiger partial charge in [-0.05, 0) is 54.3 Å². The van der Waals surface area contributed by atoms with Gasteiger partial charge in [0.1, 0.15) is 24.1 Å². The van der Waals surface area contributed by atoms with Crippen LogP contribution in [0.3, 0.4) is 0 Å². The number of aryl methyl sites for hydroxylation is 1. The lowest BCUT2D eigenvalue weighted by Crippen LogP contribution is -2.66. The van der Waals surface area contributed by atoms with E-state index in [-0.39, 0.29) is 5.91 Å². The maximum atomic E-state index is 11.9. The van der Waals surface area contributed by atoms with E-state index in [2.05, 4.69) is 5.32 Å². The molecule has 31 heavy (non-hydrogen) atoms. The van der Waals surface area contributed by atoms with E-state index in [0.29, 0.717) is 17.7 Å². The second-order valence-corrected chi connectivity index (χ2v) is 7.80. The standard InChI is InChI=1S/C23H29NO7/c1-4-13-10-15(14-6-5-7-16(11-14)21(28)24-3)8-9-17(13)30-22-23(2,29)20(27)19(26)18(12-25)31-22/h5-11,18-20,22,25-27,29H,4,12H2,1-3H3,(H,24,28)/t18-,19-,20+,22+,23+/m1/s1. The van der Waals surface area contributed by atoms with E-state index in [1.807, 2.05) is 31.2 Å². The quantitative estimate of drug-likeness (QED) is 0.459. The molecule has 1 saturated heterocycles. The third kappa shape index (κ3) is 4.58. The number of ether oxygens (including phenoxy) is 2. The van der Waals surface area contributed by atoms with E-state index < -0.39 is 36.8 Å². The van der Waals surface area contributed by atoms with E-state index >= 15 is 0 Å². The van der Waals surface area contributed by atoms with Crippen LogP contribution >= 0.6 is 0 Å². The van der Waals surface area contributed by atoms with E-state index in [0.717, 1.165) is 16.7 Å². The Hall–Kier alpha value is -2.49. The summed E-state index contributed by atoms with van der Waals surface area (Å²) in [6.45, 7) is 2.72. The van der Waals surface area contributed by atoms with Crippen LogP contribution in [0, 0.1) is 0 Å². The predicted molar refractivity (Wildman–Crippen MR) is 114 cm³/mol. The van der Waals surface area contributed by atoms with Crippen LogP contribution < -0.4 is 10.1 Å². The Kier molecular flexibility index (Phi) is 6.98. The van der Waals surface area contributed by atoms with Crippen molar-refractivity contribution in [1.29, 1.82) is 0 Å². The molecule has 1 fully saturated rings. The van der Waals surface area contributed by atoms with E-state index in [1.165, 1.54) is 6.92 Å². The summed E-state index contributed by atoms with van der Waals surface area (Å²) in [5.41, 5.74) is 1.23. The highest BCUT2D eigenvalue weighted by atomic mass is 16.7. The number of carbonyl (C=O) groups excluding carboxylic acids is 1. The lowest BCUT2D eigenvalue weighted by atomic mass is 9.88. The molecule has 0 spiro atoms. The Morgan fingerprint density at radius 1 is 1.19 bits per heavy atom. The van der Waals surface area contributed by atoms with Crippen LogP contribution in [0.5, 0.6) is 5.75 Å². The van der Waals surface area contributed by atoms with Crippen LogP contribution in [0.1, 0.15) is 29.8 Å². The summed E-state index contributed by atoms with van der Waals surface area (Å²) in [5, 5.41) is 43.0. The molecule has 0 saturated carbocycles. The largest absolute Gasteiger partial charge is 0.461 e. The van der Waals surface area contributed by atoms with Gasteiger partial charge in [0.25, 0.3) is 5.91 Å². The van der Waals surface area contributed by atoms with Gasteiger partial charge in [0.15, 0.2) is 5.60 Å². The van der Waals surface area contributed by atoms with Crippen LogP contribution in [-0.4, -0.2) is 70.2 Å². The first-order valence-corrected chi connectivity index (χ1v) is 10.2. The Morgan fingerprint density at radius 2 is 1.90 bits per heavy atom. The second kappa shape index (κ2) is 9.33. The van der Waals surface area contributed by atoms with E-state index in [9.17, 15) is 25.2 Å². The summed E-state index contributed by atoms with van der Waals surface area (Å²) in [4.78, 5) is 11.9.